The number of fused-ring (bicyclic) bond motifs is 1. The van der Waals surface area contributed by atoms with Gasteiger partial charge in [0.05, 0.1) is 24.0 Å². The van der Waals surface area contributed by atoms with Gasteiger partial charge in [0.25, 0.3) is 0 Å². The molecule has 0 atom stereocenters. The highest BCUT2D eigenvalue weighted by Crippen LogP contribution is 2.32. The van der Waals surface area contributed by atoms with Crippen LogP contribution in [0.25, 0.3) is 33.5 Å². The van der Waals surface area contributed by atoms with Gasteiger partial charge in [-0.3, -0.25) is 0 Å². The first-order valence-electron chi connectivity index (χ1n) is 11.1. The second-order valence-electron chi connectivity index (χ2n) is 8.20. The lowest BCUT2D eigenvalue weighted by Gasteiger charge is -2.12. The molecule has 0 spiro atoms. The number of methoxy groups -OCH3 is 1. The van der Waals surface area contributed by atoms with Crippen LogP contribution in [0.15, 0.2) is 59.4 Å². The number of hydrogen-bond donors (Lipinski definition) is 1. The van der Waals surface area contributed by atoms with E-state index in [-0.39, 0.29) is 5.52 Å². The highest BCUT2D eigenvalue weighted by molar-refractivity contribution is 5.88. The summed E-state index contributed by atoms with van der Waals surface area (Å²) in [6.07, 6.45) is 1.49. The molecule has 5 aromatic rings. The molecule has 0 aliphatic rings. The Balaban J connectivity index is 1.32. The van der Waals surface area contributed by atoms with Crippen LogP contribution in [0.5, 0.6) is 5.75 Å². The molecule has 0 saturated heterocycles. The van der Waals surface area contributed by atoms with Gasteiger partial charge in [-0.1, -0.05) is 29.4 Å². The molecule has 0 amide bonds. The summed E-state index contributed by atoms with van der Waals surface area (Å²) in [5.74, 6) is -0.184. The van der Waals surface area contributed by atoms with Gasteiger partial charge in [0, 0.05) is 53.5 Å². The van der Waals surface area contributed by atoms with E-state index < -0.39 is 11.6 Å². The Morgan fingerprint density at radius 1 is 1.00 bits per heavy atom. The third-order valence-electron chi connectivity index (χ3n) is 5.87. The Kier molecular flexibility index (Phi) is 5.90. The number of anilines is 1. The fraction of sp³-hybridized carbons (Fsp3) is 0.192. The average molecular weight is 475 g/mol. The summed E-state index contributed by atoms with van der Waals surface area (Å²) in [5, 5.41) is 7.70. The Morgan fingerprint density at radius 2 is 1.77 bits per heavy atom. The van der Waals surface area contributed by atoms with Gasteiger partial charge in [-0.2, -0.15) is 0 Å². The Labute approximate surface area is 200 Å². The normalized spacial score (nSPS) is 11.2. The van der Waals surface area contributed by atoms with Crippen molar-refractivity contribution in [3.05, 3.63) is 77.9 Å². The van der Waals surface area contributed by atoms with E-state index in [1.807, 2.05) is 50.2 Å². The summed E-state index contributed by atoms with van der Waals surface area (Å²) >= 11 is 0. The molecule has 0 aliphatic carbocycles. The number of ether oxygens (including phenoxy) is 1. The quantitative estimate of drug-likeness (QED) is 0.322. The van der Waals surface area contributed by atoms with E-state index in [4.69, 9.17) is 9.26 Å². The molecule has 0 radical (unpaired) electrons. The predicted octanol–water partition coefficient (Wildman–Crippen LogP) is 5.77. The highest BCUT2D eigenvalue weighted by Gasteiger charge is 2.18. The van der Waals surface area contributed by atoms with Crippen LogP contribution >= 0.6 is 0 Å². The van der Waals surface area contributed by atoms with Gasteiger partial charge in [-0.25, -0.2) is 18.7 Å². The summed E-state index contributed by atoms with van der Waals surface area (Å²) in [6, 6.07) is 14.4. The van der Waals surface area contributed by atoms with E-state index in [2.05, 4.69) is 20.4 Å². The molecule has 3 aromatic heterocycles. The molecule has 5 rings (SSSR count). The Morgan fingerprint density at radius 3 is 2.49 bits per heavy atom. The molecule has 178 valence electrons. The first kappa shape index (κ1) is 22.5. The largest absolute Gasteiger partial charge is 0.496 e. The third-order valence-corrected chi connectivity index (χ3v) is 5.87. The number of benzene rings is 2. The van der Waals surface area contributed by atoms with Crippen molar-refractivity contribution in [1.29, 1.82) is 0 Å². The molecular formula is C26H23F2N5O2. The molecule has 0 bridgehead atoms. The van der Waals surface area contributed by atoms with Crippen molar-refractivity contribution in [3.8, 4) is 28.3 Å². The number of rotatable bonds is 7. The third kappa shape index (κ3) is 4.32. The van der Waals surface area contributed by atoms with Crippen molar-refractivity contribution < 1.29 is 18.0 Å². The van der Waals surface area contributed by atoms with Crippen molar-refractivity contribution in [2.75, 3.05) is 19.0 Å². The molecule has 0 unspecified atom stereocenters. The van der Waals surface area contributed by atoms with Crippen LogP contribution in [-0.2, 0) is 6.54 Å². The zero-order valence-corrected chi connectivity index (χ0v) is 19.5. The second-order valence-corrected chi connectivity index (χ2v) is 8.20. The minimum atomic E-state index is -0.938. The molecule has 3 heterocycles. The maximum atomic E-state index is 14.6. The average Bonchev–Trinajstić information content (AvgIpc) is 3.45. The van der Waals surface area contributed by atoms with Crippen LogP contribution in [0.3, 0.4) is 0 Å². The predicted molar refractivity (Wildman–Crippen MR) is 129 cm³/mol. The lowest BCUT2D eigenvalue weighted by molar-refractivity contribution is 0.412. The molecule has 0 aliphatic heterocycles. The molecule has 9 heteroatoms. The van der Waals surface area contributed by atoms with Crippen LogP contribution in [-0.4, -0.2) is 33.3 Å². The maximum Gasteiger partial charge on any atom is 0.183 e. The van der Waals surface area contributed by atoms with Crippen molar-refractivity contribution in [2.24, 2.45) is 0 Å². The first-order chi connectivity index (χ1) is 16.9. The number of aryl methyl sites for hydroxylation is 2. The van der Waals surface area contributed by atoms with Gasteiger partial charge in [0.1, 0.15) is 17.9 Å². The smallest absolute Gasteiger partial charge is 0.183 e. The molecule has 35 heavy (non-hydrogen) atoms. The lowest BCUT2D eigenvalue weighted by atomic mass is 10.1. The van der Waals surface area contributed by atoms with E-state index in [0.717, 1.165) is 34.3 Å². The fourth-order valence-corrected chi connectivity index (χ4v) is 4.14. The van der Waals surface area contributed by atoms with Gasteiger partial charge in [-0.15, -0.1) is 0 Å². The van der Waals surface area contributed by atoms with Crippen LogP contribution in [0, 0.1) is 25.5 Å². The molecule has 0 saturated carbocycles. The van der Waals surface area contributed by atoms with E-state index in [0.29, 0.717) is 35.8 Å². The summed E-state index contributed by atoms with van der Waals surface area (Å²) < 4.78 is 41.0. The molecular weight excluding hydrogens is 452 g/mol. The summed E-state index contributed by atoms with van der Waals surface area (Å²) in [4.78, 5) is 8.66. The van der Waals surface area contributed by atoms with Gasteiger partial charge in [0.15, 0.2) is 17.4 Å². The Hall–Kier alpha value is -4.27. The SMILES string of the molecule is COc1cc(F)c(F)c2c1cc(C)n2CCNc1cc(-c2ccc(-c3cc(C)no3)cc2)ncn1. The summed E-state index contributed by atoms with van der Waals surface area (Å²) in [6.45, 7) is 4.58. The van der Waals surface area contributed by atoms with Crippen LogP contribution in [0.1, 0.15) is 11.4 Å². The van der Waals surface area contributed by atoms with Gasteiger partial charge >= 0.3 is 0 Å². The van der Waals surface area contributed by atoms with Gasteiger partial charge < -0.3 is 19.1 Å². The highest BCUT2D eigenvalue weighted by atomic mass is 19.2. The molecule has 7 nitrogen and oxygen atoms in total. The van der Waals surface area contributed by atoms with Gasteiger partial charge in [0.2, 0.25) is 0 Å². The van der Waals surface area contributed by atoms with E-state index >= 15 is 0 Å². The molecule has 1 N–H and O–H groups in total. The molecule has 0 fully saturated rings. The van der Waals surface area contributed by atoms with E-state index in [1.54, 1.807) is 10.6 Å². The van der Waals surface area contributed by atoms with Crippen LogP contribution in [0.4, 0.5) is 14.6 Å². The monoisotopic (exact) mass is 475 g/mol. The zero-order valence-electron chi connectivity index (χ0n) is 19.5. The Bertz CT molecular complexity index is 1510. The maximum absolute atomic E-state index is 14.6. The summed E-state index contributed by atoms with van der Waals surface area (Å²) in [7, 11) is 1.44. The van der Waals surface area contributed by atoms with Crippen LogP contribution in [0.2, 0.25) is 0 Å². The van der Waals surface area contributed by atoms with Crippen molar-refractivity contribution in [2.45, 2.75) is 20.4 Å². The topological polar surface area (TPSA) is 78.0 Å². The molecule has 2 aromatic carbocycles. The van der Waals surface area contributed by atoms with Crippen molar-refractivity contribution in [1.82, 2.24) is 19.7 Å². The van der Waals surface area contributed by atoms with Crippen molar-refractivity contribution >= 4 is 16.7 Å². The van der Waals surface area contributed by atoms with E-state index in [1.165, 1.54) is 13.4 Å². The number of halogens is 2. The minimum Gasteiger partial charge on any atom is -0.496 e. The number of hydrogen-bond acceptors (Lipinski definition) is 6. The number of aromatic nitrogens is 4. The minimum absolute atomic E-state index is 0.187. The second kappa shape index (κ2) is 9.17. The van der Waals surface area contributed by atoms with Crippen molar-refractivity contribution in [3.63, 3.8) is 0 Å². The van der Waals surface area contributed by atoms with Gasteiger partial charge in [-0.05, 0) is 19.9 Å². The van der Waals surface area contributed by atoms with E-state index in [9.17, 15) is 8.78 Å². The fourth-order valence-electron chi connectivity index (χ4n) is 4.14. The standard InChI is InChI=1S/C26H23F2N5O2/c1-15-10-22(35-32-15)18-6-4-17(5-7-18)21-13-24(31-14-30-21)29-8-9-33-16(2)11-19-23(34-3)12-20(27)25(28)26(19)33/h4-7,10-14H,8-9H2,1-3H3,(H,29,30,31). The van der Waals surface area contributed by atoms with Crippen LogP contribution < -0.4 is 10.1 Å². The zero-order chi connectivity index (χ0) is 24.5. The number of nitrogens with zero attached hydrogens (tertiary/aromatic N) is 4. The summed E-state index contributed by atoms with van der Waals surface area (Å²) in [5.41, 5.74) is 4.42. The lowest BCUT2D eigenvalue weighted by Crippen LogP contribution is -2.13. The first-order valence-corrected chi connectivity index (χ1v) is 11.1. The number of nitrogens with one attached hydrogen (secondary N) is 1.